The van der Waals surface area contributed by atoms with Gasteiger partial charge < -0.3 is 23.1 Å². The first-order valence-corrected chi connectivity index (χ1v) is 19.2. The summed E-state index contributed by atoms with van der Waals surface area (Å²) in [6.45, 7) is 11.9. The second-order valence-corrected chi connectivity index (χ2v) is 14.6. The van der Waals surface area contributed by atoms with E-state index >= 15 is 0 Å². The summed E-state index contributed by atoms with van der Waals surface area (Å²) >= 11 is 0. The lowest BCUT2D eigenvalue weighted by atomic mass is 9.98. The fraction of sp³-hybridized carbons (Fsp3) is 0.182. The number of rotatable bonds is 14. The van der Waals surface area contributed by atoms with Crippen LogP contribution < -0.4 is 15.0 Å². The average Bonchev–Trinajstić information content (AvgIpc) is 3.15. The highest BCUT2D eigenvalue weighted by molar-refractivity contribution is 6.75. The van der Waals surface area contributed by atoms with Crippen molar-refractivity contribution in [3.8, 4) is 11.1 Å². The van der Waals surface area contributed by atoms with Crippen LogP contribution in [-0.4, -0.2) is 28.6 Å². The topological polar surface area (TPSA) is 34.2 Å². The molecule has 0 amide bonds. The summed E-state index contributed by atoms with van der Waals surface area (Å²) in [6, 6.07) is 53.6. The summed E-state index contributed by atoms with van der Waals surface area (Å²) < 4.78 is 18.6. The Morgan fingerprint density at radius 3 is 1.08 bits per heavy atom. The molecule has 0 saturated heterocycles. The second-order valence-electron chi connectivity index (χ2n) is 12.1. The van der Waals surface area contributed by atoms with Crippen molar-refractivity contribution in [2.45, 2.75) is 34.6 Å². The summed E-state index contributed by atoms with van der Waals surface area (Å²) in [5.41, 5.74) is 11.4. The van der Waals surface area contributed by atoms with Crippen LogP contribution in [0.2, 0.25) is 0 Å². The monoisotopic (exact) mass is 678 g/mol. The zero-order valence-electron chi connectivity index (χ0n) is 29.7. The minimum Gasteiger partial charge on any atom is -0.370 e. The maximum Gasteiger partial charge on any atom is 0.537 e. The number of aryl methyl sites for hydroxylation is 2. The van der Waals surface area contributed by atoms with E-state index in [9.17, 15) is 0 Å². The lowest BCUT2D eigenvalue weighted by Gasteiger charge is -2.30. The van der Waals surface area contributed by atoms with Crippen LogP contribution in [0.15, 0.2) is 152 Å². The predicted octanol–water partition coefficient (Wildman–Crippen LogP) is 11.2. The third-order valence-electron chi connectivity index (χ3n) is 8.73. The van der Waals surface area contributed by atoms with Crippen molar-refractivity contribution in [1.82, 2.24) is 0 Å². The van der Waals surface area contributed by atoms with Crippen LogP contribution in [0.25, 0.3) is 11.1 Å². The van der Waals surface area contributed by atoms with Gasteiger partial charge in [-0.05, 0) is 130 Å². The van der Waals surface area contributed by atoms with Crippen LogP contribution in [-0.2, 0) is 13.3 Å². The van der Waals surface area contributed by atoms with Gasteiger partial charge in [0.25, 0.3) is 0 Å². The van der Waals surface area contributed by atoms with Gasteiger partial charge in [0.05, 0.1) is 0 Å². The summed E-state index contributed by atoms with van der Waals surface area (Å²) in [5, 5.41) is 0.962. The Balaban J connectivity index is 1.35. The molecule has 5 nitrogen and oxygen atoms in total. The van der Waals surface area contributed by atoms with Gasteiger partial charge in [0.15, 0.2) is 0 Å². The fourth-order valence-corrected chi connectivity index (χ4v) is 8.98. The number of benzene rings is 6. The van der Waals surface area contributed by atoms with Crippen LogP contribution in [0, 0.1) is 13.8 Å². The van der Waals surface area contributed by atoms with Crippen LogP contribution >= 0.6 is 0 Å². The summed E-state index contributed by atoms with van der Waals surface area (Å²) in [4.78, 5) is 4.63. The Morgan fingerprint density at radius 2 is 0.760 bits per heavy atom. The molecular formula is C44H46N2O3Si. The molecule has 0 aromatic heterocycles. The normalized spacial score (nSPS) is 11.4. The molecule has 6 aromatic rings. The van der Waals surface area contributed by atoms with Gasteiger partial charge in [-0.2, -0.15) is 0 Å². The molecule has 6 heteroatoms. The van der Waals surface area contributed by atoms with Gasteiger partial charge in [-0.15, -0.1) is 0 Å². The molecule has 0 atom stereocenters. The number of para-hydroxylation sites is 3. The molecule has 6 aromatic carbocycles. The number of hydrogen-bond donors (Lipinski definition) is 0. The smallest absolute Gasteiger partial charge is 0.370 e. The van der Waals surface area contributed by atoms with E-state index in [0.717, 1.165) is 39.3 Å². The molecule has 50 heavy (non-hydrogen) atoms. The molecule has 0 aliphatic heterocycles. The van der Waals surface area contributed by atoms with Crippen LogP contribution in [0.5, 0.6) is 0 Å². The van der Waals surface area contributed by atoms with Gasteiger partial charge in [-0.1, -0.05) is 78.9 Å². The molecule has 0 radical (unpaired) electrons. The Hall–Kier alpha value is -4.98. The molecule has 0 aliphatic rings. The highest BCUT2D eigenvalue weighted by atomic mass is 28.4. The van der Waals surface area contributed by atoms with Crippen LogP contribution in [0.3, 0.4) is 0 Å². The Bertz CT molecular complexity index is 1910. The van der Waals surface area contributed by atoms with Gasteiger partial charge in [0.1, 0.15) is 0 Å². The standard InChI is InChI=1S/C44H46N2O3Si/c1-6-47-50(48-7-2,49-8-3)42-28-26-41(27-29-42)46(40-22-16-11-17-23-40)44-31-25-37(33-35(44)5)36-24-30-43(34(4)32-36)45(38-18-12-9-13-19-38)39-20-14-10-15-21-39/h9-33H,6-8H2,1-5H3. The second kappa shape index (κ2) is 16.2. The first kappa shape index (κ1) is 34.9. The van der Waals surface area contributed by atoms with Crippen molar-refractivity contribution < 1.29 is 13.3 Å². The van der Waals surface area contributed by atoms with E-state index in [1.54, 1.807) is 0 Å². The third-order valence-corrected chi connectivity index (χ3v) is 11.8. The lowest BCUT2D eigenvalue weighted by Crippen LogP contribution is -2.56. The Kier molecular flexibility index (Phi) is 11.3. The average molecular weight is 679 g/mol. The van der Waals surface area contributed by atoms with Crippen molar-refractivity contribution in [2.24, 2.45) is 0 Å². The third kappa shape index (κ3) is 7.44. The maximum absolute atomic E-state index is 6.19. The zero-order chi connectivity index (χ0) is 34.9. The highest BCUT2D eigenvalue weighted by Crippen LogP contribution is 2.40. The van der Waals surface area contributed by atoms with E-state index in [1.807, 2.05) is 20.8 Å². The van der Waals surface area contributed by atoms with E-state index < -0.39 is 8.80 Å². The molecule has 0 heterocycles. The van der Waals surface area contributed by atoms with Crippen molar-refractivity contribution in [3.05, 3.63) is 163 Å². The molecule has 0 spiro atoms. The maximum atomic E-state index is 6.19. The number of nitrogens with zero attached hydrogens (tertiary/aromatic N) is 2. The summed E-state index contributed by atoms with van der Waals surface area (Å²) in [6.07, 6.45) is 0. The van der Waals surface area contributed by atoms with Crippen LogP contribution in [0.4, 0.5) is 34.1 Å². The molecule has 0 bridgehead atoms. The van der Waals surface area contributed by atoms with E-state index in [-0.39, 0.29) is 0 Å². The number of hydrogen-bond acceptors (Lipinski definition) is 5. The van der Waals surface area contributed by atoms with Crippen LogP contribution in [0.1, 0.15) is 31.9 Å². The quantitative estimate of drug-likeness (QED) is 0.107. The van der Waals surface area contributed by atoms with Gasteiger partial charge >= 0.3 is 8.80 Å². The zero-order valence-corrected chi connectivity index (χ0v) is 30.7. The molecule has 0 unspecified atom stereocenters. The molecule has 0 saturated carbocycles. The first-order chi connectivity index (χ1) is 24.5. The molecule has 0 N–H and O–H groups in total. The molecule has 0 aliphatic carbocycles. The van der Waals surface area contributed by atoms with E-state index in [4.69, 9.17) is 13.3 Å². The van der Waals surface area contributed by atoms with E-state index in [2.05, 4.69) is 175 Å². The highest BCUT2D eigenvalue weighted by Gasteiger charge is 2.43. The van der Waals surface area contributed by atoms with Crippen molar-refractivity contribution in [2.75, 3.05) is 29.6 Å². The van der Waals surface area contributed by atoms with E-state index in [1.165, 1.54) is 22.3 Å². The van der Waals surface area contributed by atoms with Gasteiger partial charge in [0.2, 0.25) is 0 Å². The molecule has 6 rings (SSSR count). The van der Waals surface area contributed by atoms with Gasteiger partial charge in [-0.3, -0.25) is 0 Å². The number of anilines is 6. The SMILES string of the molecule is CCO[Si](OCC)(OCC)c1ccc(N(c2ccccc2)c2ccc(-c3ccc(N(c4ccccc4)c4ccccc4)c(C)c3)cc2C)cc1. The van der Waals surface area contributed by atoms with Gasteiger partial charge in [-0.25, -0.2) is 0 Å². The van der Waals surface area contributed by atoms with Crippen molar-refractivity contribution in [3.63, 3.8) is 0 Å². The van der Waals surface area contributed by atoms with E-state index in [0.29, 0.717) is 19.8 Å². The first-order valence-electron chi connectivity index (χ1n) is 17.5. The Labute approximate surface area is 298 Å². The fourth-order valence-electron chi connectivity index (χ4n) is 6.52. The van der Waals surface area contributed by atoms with Crippen molar-refractivity contribution >= 4 is 48.1 Å². The predicted molar refractivity (Wildman–Crippen MR) is 211 cm³/mol. The summed E-state index contributed by atoms with van der Waals surface area (Å²) in [7, 11) is -3.02. The summed E-state index contributed by atoms with van der Waals surface area (Å²) in [5.74, 6) is 0. The minimum atomic E-state index is -3.02. The largest absolute Gasteiger partial charge is 0.537 e. The minimum absolute atomic E-state index is 0.524. The Morgan fingerprint density at radius 1 is 0.420 bits per heavy atom. The van der Waals surface area contributed by atoms with Crippen molar-refractivity contribution in [1.29, 1.82) is 0 Å². The van der Waals surface area contributed by atoms with Gasteiger partial charge in [0, 0.05) is 59.1 Å². The molecule has 254 valence electrons. The lowest BCUT2D eigenvalue weighted by molar-refractivity contribution is 0.0859. The molecular weight excluding hydrogens is 633 g/mol. The molecule has 0 fully saturated rings.